The standard InChI is InChI=1S/C21H16FN3O.C17H13FN4O2.C16H10F2N4O2/c1-3-15-6-4-7-16(10-15)21(26)24-18-8-5-9-19(12-18)25(2)20-11-17(22)13-23-14-20;1-11-2-3-21-16(4-11)17(23)22-13-5-12(18)6-14(7-13)24-15-8-19-10-20-9-15;17-10-1-2-21-15(5-10)16(23)22-12-3-11(18)4-13(6-12)24-14-7-19-9-20-8-14/h1,4-14H,2H3,(H,24,26);2-10H,1H3,(H,22,23);1-9H,(H,22,23). The molecule has 3 N–H and O–H groups in total. The van der Waals surface area contributed by atoms with Crippen molar-refractivity contribution in [2.45, 2.75) is 6.92 Å². The van der Waals surface area contributed by atoms with Crippen molar-refractivity contribution in [2.75, 3.05) is 27.9 Å². The van der Waals surface area contributed by atoms with Gasteiger partial charge in [-0.15, -0.1) is 6.42 Å². The number of nitrogens with zero attached hydrogens (tertiary/aromatic N) is 8. The summed E-state index contributed by atoms with van der Waals surface area (Å²) in [4.78, 5) is 65.2. The Kier molecular flexibility index (Phi) is 17.3. The molecule has 20 heteroatoms. The van der Waals surface area contributed by atoms with Gasteiger partial charge in [0.25, 0.3) is 17.7 Å². The van der Waals surface area contributed by atoms with Gasteiger partial charge in [0.05, 0.1) is 42.9 Å². The van der Waals surface area contributed by atoms with Crippen LogP contribution in [0.2, 0.25) is 0 Å². The predicted molar refractivity (Wildman–Crippen MR) is 267 cm³/mol. The molecule has 4 aromatic carbocycles. The molecule has 9 rings (SSSR count). The quantitative estimate of drug-likeness (QED) is 0.0772. The van der Waals surface area contributed by atoms with Crippen LogP contribution in [0, 0.1) is 42.5 Å². The average Bonchev–Trinajstić information content (AvgIpc) is 3.39. The lowest BCUT2D eigenvalue weighted by Gasteiger charge is -2.20. The maximum absolute atomic E-state index is 13.8. The molecule has 0 atom stereocenters. The first-order valence-electron chi connectivity index (χ1n) is 21.7. The highest BCUT2D eigenvalue weighted by Gasteiger charge is 2.14. The molecule has 0 spiro atoms. The molecule has 0 aliphatic heterocycles. The number of pyridine rings is 3. The maximum atomic E-state index is 13.8. The largest absolute Gasteiger partial charge is 0.454 e. The Morgan fingerprint density at radius 3 is 1.65 bits per heavy atom. The highest BCUT2D eigenvalue weighted by molar-refractivity contribution is 6.05. The van der Waals surface area contributed by atoms with E-state index in [2.05, 4.69) is 56.8 Å². The zero-order valence-corrected chi connectivity index (χ0v) is 39.0. The Labute approximate surface area is 420 Å². The van der Waals surface area contributed by atoms with E-state index in [0.29, 0.717) is 34.0 Å². The molecule has 5 aromatic heterocycles. The Morgan fingerprint density at radius 1 is 0.514 bits per heavy atom. The second-order valence-electron chi connectivity index (χ2n) is 15.3. The number of aryl methyl sites for hydroxylation is 1. The van der Waals surface area contributed by atoms with Gasteiger partial charge in [-0.3, -0.25) is 29.3 Å². The number of ether oxygens (including phenoxy) is 2. The summed E-state index contributed by atoms with van der Waals surface area (Å²) >= 11 is 0. The number of halogens is 4. The average molecular weight is 998 g/mol. The van der Waals surface area contributed by atoms with Crippen LogP contribution in [-0.2, 0) is 0 Å². The molecule has 0 fully saturated rings. The van der Waals surface area contributed by atoms with E-state index in [1.165, 1.54) is 74.0 Å². The maximum Gasteiger partial charge on any atom is 0.274 e. The van der Waals surface area contributed by atoms with E-state index in [1.807, 2.05) is 19.1 Å². The summed E-state index contributed by atoms with van der Waals surface area (Å²) in [7, 11) is 1.80. The number of hydrogen-bond acceptors (Lipinski definition) is 13. The van der Waals surface area contributed by atoms with Crippen LogP contribution >= 0.6 is 0 Å². The van der Waals surface area contributed by atoms with Crippen LogP contribution in [0.4, 0.5) is 46.0 Å². The van der Waals surface area contributed by atoms with E-state index in [1.54, 1.807) is 72.9 Å². The highest BCUT2D eigenvalue weighted by atomic mass is 19.1. The SMILES string of the molecule is C#Cc1cccc(C(=O)Nc2cccc(N(C)c3cncc(F)c3)c2)c1.Cc1ccnc(C(=O)Nc2cc(F)cc(Oc3cncnc3)c2)c1.O=C(Nc1cc(F)cc(Oc2cncnc2)c1)c1cc(F)ccn1. The van der Waals surface area contributed by atoms with Gasteiger partial charge in [-0.1, -0.05) is 18.1 Å². The van der Waals surface area contributed by atoms with E-state index in [4.69, 9.17) is 15.9 Å². The number of terminal acetylenes is 1. The van der Waals surface area contributed by atoms with Gasteiger partial charge in [0.1, 0.15) is 58.8 Å². The fraction of sp³-hybridized carbons (Fsp3) is 0.0370. The van der Waals surface area contributed by atoms with Crippen molar-refractivity contribution < 1.29 is 41.4 Å². The Balaban J connectivity index is 0.000000162. The van der Waals surface area contributed by atoms with E-state index in [9.17, 15) is 31.9 Å². The number of amides is 3. The van der Waals surface area contributed by atoms with Crippen LogP contribution in [0.1, 0.15) is 42.5 Å². The third-order valence-electron chi connectivity index (χ3n) is 9.77. The van der Waals surface area contributed by atoms with Gasteiger partial charge < -0.3 is 30.3 Å². The summed E-state index contributed by atoms with van der Waals surface area (Å²) in [5.41, 5.74) is 4.56. The summed E-state index contributed by atoms with van der Waals surface area (Å²) in [6.45, 7) is 1.86. The van der Waals surface area contributed by atoms with Crippen LogP contribution in [0.25, 0.3) is 0 Å². The van der Waals surface area contributed by atoms with Crippen molar-refractivity contribution in [2.24, 2.45) is 0 Å². The first-order chi connectivity index (χ1) is 35.8. The fourth-order valence-electron chi connectivity index (χ4n) is 6.39. The van der Waals surface area contributed by atoms with Crippen molar-refractivity contribution in [3.8, 4) is 35.3 Å². The second kappa shape index (κ2) is 24.9. The number of carbonyl (C=O) groups excluding carboxylic acids is 3. The molecule has 74 heavy (non-hydrogen) atoms. The van der Waals surface area contributed by atoms with E-state index >= 15 is 0 Å². The summed E-state index contributed by atoms with van der Waals surface area (Å²) in [5, 5.41) is 7.88. The summed E-state index contributed by atoms with van der Waals surface area (Å²) in [6, 6.07) is 28.6. The van der Waals surface area contributed by atoms with E-state index in [-0.39, 0.29) is 40.2 Å². The fourth-order valence-corrected chi connectivity index (χ4v) is 6.39. The first-order valence-corrected chi connectivity index (χ1v) is 21.7. The van der Waals surface area contributed by atoms with Gasteiger partial charge >= 0.3 is 0 Å². The first kappa shape index (κ1) is 51.4. The van der Waals surface area contributed by atoms with Crippen LogP contribution < -0.4 is 30.3 Å². The Morgan fingerprint density at radius 2 is 1.08 bits per heavy atom. The molecule has 0 saturated heterocycles. The van der Waals surface area contributed by atoms with Gasteiger partial charge in [0, 0.05) is 89.7 Å². The summed E-state index contributed by atoms with van der Waals surface area (Å²) in [6.07, 6.45) is 19.2. The number of aromatic nitrogens is 7. The zero-order valence-electron chi connectivity index (χ0n) is 39.0. The zero-order chi connectivity index (χ0) is 52.4. The predicted octanol–water partition coefficient (Wildman–Crippen LogP) is 10.8. The number of benzene rings is 4. The summed E-state index contributed by atoms with van der Waals surface area (Å²) < 4.78 is 64.9. The lowest BCUT2D eigenvalue weighted by Crippen LogP contribution is -2.14. The Bertz CT molecular complexity index is 3320. The molecule has 0 aliphatic carbocycles. The minimum absolute atomic E-state index is 0.127. The Hall–Kier alpha value is -10.4. The second-order valence-corrected chi connectivity index (χ2v) is 15.3. The highest BCUT2D eigenvalue weighted by Crippen LogP contribution is 2.28. The normalized spacial score (nSPS) is 10.2. The van der Waals surface area contributed by atoms with Crippen molar-refractivity contribution >= 4 is 46.2 Å². The van der Waals surface area contributed by atoms with Gasteiger partial charge in [-0.05, 0) is 79.2 Å². The topological polar surface area (TPSA) is 199 Å². The molecule has 0 aliphatic rings. The van der Waals surface area contributed by atoms with E-state index in [0.717, 1.165) is 41.7 Å². The van der Waals surface area contributed by atoms with Crippen molar-refractivity contribution in [3.63, 3.8) is 0 Å². The number of nitrogens with one attached hydrogen (secondary N) is 3. The van der Waals surface area contributed by atoms with Crippen LogP contribution in [-0.4, -0.2) is 59.7 Å². The molecule has 16 nitrogen and oxygen atoms in total. The molecular formula is C54H39F4N11O5. The molecule has 9 aromatic rings. The molecule has 368 valence electrons. The summed E-state index contributed by atoms with van der Waals surface area (Å²) in [5.74, 6) is 0.0213. The van der Waals surface area contributed by atoms with Crippen molar-refractivity contribution in [1.29, 1.82) is 0 Å². The molecule has 0 saturated carbocycles. The smallest absolute Gasteiger partial charge is 0.274 e. The minimum Gasteiger partial charge on any atom is -0.454 e. The van der Waals surface area contributed by atoms with Crippen LogP contribution in [0.5, 0.6) is 23.0 Å². The number of hydrogen-bond donors (Lipinski definition) is 3. The number of rotatable bonds is 12. The third kappa shape index (κ3) is 15.3. The van der Waals surface area contributed by atoms with Crippen molar-refractivity contribution in [1.82, 2.24) is 34.9 Å². The van der Waals surface area contributed by atoms with Crippen LogP contribution in [0.15, 0.2) is 177 Å². The molecule has 0 unspecified atom stereocenters. The van der Waals surface area contributed by atoms with Gasteiger partial charge in [-0.25, -0.2) is 37.5 Å². The minimum atomic E-state index is -0.672. The van der Waals surface area contributed by atoms with Gasteiger partial charge in [0.2, 0.25) is 0 Å². The van der Waals surface area contributed by atoms with Crippen LogP contribution in [0.3, 0.4) is 0 Å². The van der Waals surface area contributed by atoms with Gasteiger partial charge in [0.15, 0.2) is 11.5 Å². The molecule has 0 bridgehead atoms. The number of anilines is 5. The molecule has 3 amide bonds. The van der Waals surface area contributed by atoms with E-state index < -0.39 is 35.1 Å². The van der Waals surface area contributed by atoms with Crippen molar-refractivity contribution in [3.05, 3.63) is 229 Å². The molecule has 0 radical (unpaired) electrons. The lowest BCUT2D eigenvalue weighted by atomic mass is 10.1. The third-order valence-corrected chi connectivity index (χ3v) is 9.77. The molecular weight excluding hydrogens is 959 g/mol. The number of carbonyl (C=O) groups is 3. The lowest BCUT2D eigenvalue weighted by molar-refractivity contribution is 0.101. The van der Waals surface area contributed by atoms with Gasteiger partial charge in [-0.2, -0.15) is 0 Å². The molecule has 5 heterocycles. The monoisotopic (exact) mass is 997 g/mol.